The smallest absolute Gasteiger partial charge is 0.203 e. The summed E-state index contributed by atoms with van der Waals surface area (Å²) >= 11 is 0. The summed E-state index contributed by atoms with van der Waals surface area (Å²) in [6.07, 6.45) is 8.37. The van der Waals surface area contributed by atoms with E-state index in [1.165, 1.54) is 43.2 Å². The Morgan fingerprint density at radius 3 is 2.27 bits per heavy atom. The van der Waals surface area contributed by atoms with Crippen LogP contribution in [0.4, 0.5) is 5.95 Å². The molecule has 0 aliphatic heterocycles. The van der Waals surface area contributed by atoms with E-state index in [2.05, 4.69) is 76.4 Å². The molecule has 26 heavy (non-hydrogen) atoms. The predicted octanol–water partition coefficient (Wildman–Crippen LogP) is 6.05. The molecule has 3 nitrogen and oxygen atoms in total. The number of benzene rings is 2. The van der Waals surface area contributed by atoms with Crippen LogP contribution >= 0.6 is 0 Å². The molecule has 1 aromatic heterocycles. The first-order valence-electron chi connectivity index (χ1n) is 9.76. The largest absolute Gasteiger partial charge is 0.338 e. The van der Waals surface area contributed by atoms with Crippen LogP contribution < -0.4 is 4.90 Å². The van der Waals surface area contributed by atoms with E-state index >= 15 is 0 Å². The molecular formula is C23H29N3. The van der Waals surface area contributed by atoms with Gasteiger partial charge in [-0.05, 0) is 17.5 Å². The molecule has 0 radical (unpaired) electrons. The SMILES string of the molecule is CCCCCCCN(Cc1ccccc1)c1ncc(-c2ccccc2)[nH]1. The van der Waals surface area contributed by atoms with Gasteiger partial charge in [0.15, 0.2) is 0 Å². The van der Waals surface area contributed by atoms with Crippen LogP contribution in [0, 0.1) is 0 Å². The number of hydrogen-bond acceptors (Lipinski definition) is 2. The number of aromatic amines is 1. The molecule has 0 bridgehead atoms. The number of rotatable bonds is 10. The molecular weight excluding hydrogens is 318 g/mol. The van der Waals surface area contributed by atoms with E-state index in [0.717, 1.165) is 24.7 Å². The number of hydrogen-bond donors (Lipinski definition) is 1. The minimum absolute atomic E-state index is 0.885. The van der Waals surface area contributed by atoms with Crippen molar-refractivity contribution >= 4 is 5.95 Å². The van der Waals surface area contributed by atoms with Gasteiger partial charge >= 0.3 is 0 Å². The molecule has 0 amide bonds. The quantitative estimate of drug-likeness (QED) is 0.452. The molecule has 0 aliphatic carbocycles. The summed E-state index contributed by atoms with van der Waals surface area (Å²) in [6, 6.07) is 21.0. The Kier molecular flexibility index (Phi) is 6.88. The second kappa shape index (κ2) is 9.81. The molecule has 3 rings (SSSR count). The molecule has 0 aliphatic rings. The highest BCUT2D eigenvalue weighted by molar-refractivity contribution is 5.60. The summed E-state index contributed by atoms with van der Waals surface area (Å²) in [5.41, 5.74) is 3.57. The Morgan fingerprint density at radius 1 is 0.846 bits per heavy atom. The molecule has 0 unspecified atom stereocenters. The highest BCUT2D eigenvalue weighted by Crippen LogP contribution is 2.21. The van der Waals surface area contributed by atoms with Gasteiger partial charge in [0.2, 0.25) is 5.95 Å². The van der Waals surface area contributed by atoms with Gasteiger partial charge in [0, 0.05) is 13.1 Å². The van der Waals surface area contributed by atoms with Crippen LogP contribution in [-0.2, 0) is 6.54 Å². The summed E-state index contributed by atoms with van der Waals surface area (Å²) in [5, 5.41) is 0. The van der Waals surface area contributed by atoms with E-state index < -0.39 is 0 Å². The van der Waals surface area contributed by atoms with E-state index in [4.69, 9.17) is 0 Å². The topological polar surface area (TPSA) is 31.9 Å². The van der Waals surface area contributed by atoms with Crippen molar-refractivity contribution in [3.8, 4) is 11.3 Å². The Bertz CT molecular complexity index is 749. The monoisotopic (exact) mass is 347 g/mol. The molecule has 1 heterocycles. The predicted molar refractivity (Wildman–Crippen MR) is 110 cm³/mol. The van der Waals surface area contributed by atoms with Gasteiger partial charge in [-0.3, -0.25) is 0 Å². The average Bonchev–Trinajstić information content (AvgIpc) is 3.18. The second-order valence-corrected chi connectivity index (χ2v) is 6.81. The number of anilines is 1. The Hall–Kier alpha value is -2.55. The number of H-pyrrole nitrogens is 1. The van der Waals surface area contributed by atoms with Crippen molar-refractivity contribution in [3.05, 3.63) is 72.4 Å². The average molecular weight is 348 g/mol. The summed E-state index contributed by atoms with van der Waals surface area (Å²) in [7, 11) is 0. The number of nitrogens with one attached hydrogen (secondary N) is 1. The second-order valence-electron chi connectivity index (χ2n) is 6.81. The molecule has 136 valence electrons. The van der Waals surface area contributed by atoms with Crippen LogP contribution in [0.25, 0.3) is 11.3 Å². The van der Waals surface area contributed by atoms with Gasteiger partial charge in [-0.2, -0.15) is 0 Å². The maximum Gasteiger partial charge on any atom is 0.203 e. The summed E-state index contributed by atoms with van der Waals surface area (Å²) in [6.45, 7) is 4.17. The molecule has 0 saturated carbocycles. The van der Waals surface area contributed by atoms with Crippen LogP contribution in [0.1, 0.15) is 44.6 Å². The zero-order valence-electron chi connectivity index (χ0n) is 15.7. The van der Waals surface area contributed by atoms with E-state index in [0.29, 0.717) is 0 Å². The lowest BCUT2D eigenvalue weighted by Gasteiger charge is -2.22. The minimum atomic E-state index is 0.885. The van der Waals surface area contributed by atoms with E-state index in [1.54, 1.807) is 0 Å². The van der Waals surface area contributed by atoms with Crippen molar-refractivity contribution in [2.75, 3.05) is 11.4 Å². The molecule has 2 aromatic carbocycles. The highest BCUT2D eigenvalue weighted by Gasteiger charge is 2.12. The number of nitrogens with zero attached hydrogens (tertiary/aromatic N) is 2. The first kappa shape index (κ1) is 18.2. The van der Waals surface area contributed by atoms with Crippen molar-refractivity contribution in [1.29, 1.82) is 0 Å². The van der Waals surface area contributed by atoms with Crippen LogP contribution in [0.5, 0.6) is 0 Å². The van der Waals surface area contributed by atoms with Gasteiger partial charge < -0.3 is 9.88 Å². The minimum Gasteiger partial charge on any atom is -0.338 e. The van der Waals surface area contributed by atoms with Crippen molar-refractivity contribution < 1.29 is 0 Å². The lowest BCUT2D eigenvalue weighted by Crippen LogP contribution is -2.25. The molecule has 1 N–H and O–H groups in total. The standard InChI is InChI=1S/C23H29N3/c1-2-3-4-5-12-17-26(19-20-13-8-6-9-14-20)23-24-18-22(25-23)21-15-10-7-11-16-21/h6-11,13-16,18H,2-5,12,17,19H2,1H3,(H,24,25). The number of unbranched alkanes of at least 4 members (excludes halogenated alkanes) is 4. The van der Waals surface area contributed by atoms with Crippen LogP contribution in [0.3, 0.4) is 0 Å². The zero-order chi connectivity index (χ0) is 18.0. The van der Waals surface area contributed by atoms with Crippen LogP contribution in [0.2, 0.25) is 0 Å². The summed E-state index contributed by atoms with van der Waals surface area (Å²) in [5.74, 6) is 0.961. The first-order chi connectivity index (χ1) is 12.9. The first-order valence-corrected chi connectivity index (χ1v) is 9.76. The molecule has 3 heteroatoms. The van der Waals surface area contributed by atoms with Gasteiger partial charge in [-0.25, -0.2) is 4.98 Å². The Labute approximate surface area is 157 Å². The van der Waals surface area contributed by atoms with Gasteiger partial charge in [0.05, 0.1) is 11.9 Å². The molecule has 0 fully saturated rings. The van der Waals surface area contributed by atoms with E-state index in [1.807, 2.05) is 12.3 Å². The third-order valence-corrected chi connectivity index (χ3v) is 4.69. The normalized spacial score (nSPS) is 10.8. The van der Waals surface area contributed by atoms with E-state index in [-0.39, 0.29) is 0 Å². The van der Waals surface area contributed by atoms with Crippen LogP contribution in [-0.4, -0.2) is 16.5 Å². The third-order valence-electron chi connectivity index (χ3n) is 4.69. The number of aromatic nitrogens is 2. The molecule has 0 atom stereocenters. The van der Waals surface area contributed by atoms with Crippen molar-refractivity contribution in [2.45, 2.75) is 45.6 Å². The Morgan fingerprint density at radius 2 is 1.54 bits per heavy atom. The van der Waals surface area contributed by atoms with Crippen molar-refractivity contribution in [2.24, 2.45) is 0 Å². The lowest BCUT2D eigenvalue weighted by atomic mass is 10.1. The fraction of sp³-hybridized carbons (Fsp3) is 0.348. The third kappa shape index (κ3) is 5.22. The molecule has 0 spiro atoms. The summed E-state index contributed by atoms with van der Waals surface area (Å²) in [4.78, 5) is 10.6. The van der Waals surface area contributed by atoms with Gasteiger partial charge in [-0.15, -0.1) is 0 Å². The maximum atomic E-state index is 4.67. The zero-order valence-corrected chi connectivity index (χ0v) is 15.7. The fourth-order valence-corrected chi connectivity index (χ4v) is 3.21. The summed E-state index contributed by atoms with van der Waals surface area (Å²) < 4.78 is 0. The highest BCUT2D eigenvalue weighted by atomic mass is 15.3. The van der Waals surface area contributed by atoms with Gasteiger partial charge in [-0.1, -0.05) is 93.3 Å². The maximum absolute atomic E-state index is 4.67. The molecule has 3 aromatic rings. The van der Waals surface area contributed by atoms with Crippen molar-refractivity contribution in [1.82, 2.24) is 9.97 Å². The van der Waals surface area contributed by atoms with Crippen LogP contribution in [0.15, 0.2) is 66.9 Å². The van der Waals surface area contributed by atoms with Crippen molar-refractivity contribution in [3.63, 3.8) is 0 Å². The van der Waals surface area contributed by atoms with Gasteiger partial charge in [0.25, 0.3) is 0 Å². The lowest BCUT2D eigenvalue weighted by molar-refractivity contribution is 0.613. The van der Waals surface area contributed by atoms with E-state index in [9.17, 15) is 0 Å². The molecule has 0 saturated heterocycles. The fourth-order valence-electron chi connectivity index (χ4n) is 3.21. The van der Waals surface area contributed by atoms with Gasteiger partial charge in [0.1, 0.15) is 0 Å². The number of imidazole rings is 1. The Balaban J connectivity index is 1.71.